The van der Waals surface area contributed by atoms with Gasteiger partial charge in [0.15, 0.2) is 0 Å². The molecule has 1 heterocycles. The van der Waals surface area contributed by atoms with E-state index in [0.29, 0.717) is 23.6 Å². The predicted molar refractivity (Wildman–Crippen MR) is 96.8 cm³/mol. The summed E-state index contributed by atoms with van der Waals surface area (Å²) in [5.41, 5.74) is 4.08. The Balaban J connectivity index is 1.86. The second-order valence-electron chi connectivity index (χ2n) is 5.57. The predicted octanol–water partition coefficient (Wildman–Crippen LogP) is 4.65. The standard InChI is InChI=1S/C19H16BrNO3/c1-12-3-5-14(6-4-12)11-23-18-8-7-16(20)9-15(18)10-17-13(2)21-24-19(17)22/h3-10H,11H2,1-2H3/b17-10+. The molecule has 5 heteroatoms. The number of nitrogens with zero attached hydrogens (tertiary/aromatic N) is 1. The lowest BCUT2D eigenvalue weighted by molar-refractivity contribution is -0.136. The first-order valence-electron chi connectivity index (χ1n) is 7.49. The van der Waals surface area contributed by atoms with Crippen LogP contribution in [0.2, 0.25) is 0 Å². The topological polar surface area (TPSA) is 47.9 Å². The van der Waals surface area contributed by atoms with E-state index in [1.807, 2.05) is 37.3 Å². The maximum atomic E-state index is 11.7. The van der Waals surface area contributed by atoms with Crippen LogP contribution in [-0.2, 0) is 16.2 Å². The van der Waals surface area contributed by atoms with E-state index in [0.717, 1.165) is 15.6 Å². The zero-order valence-electron chi connectivity index (χ0n) is 13.4. The summed E-state index contributed by atoms with van der Waals surface area (Å²) in [6, 6.07) is 13.9. The Bertz CT molecular complexity index is 838. The third kappa shape index (κ3) is 3.74. The summed E-state index contributed by atoms with van der Waals surface area (Å²) < 4.78 is 6.84. The Labute approximate surface area is 148 Å². The number of oxime groups is 1. The molecule has 0 fully saturated rings. The van der Waals surface area contributed by atoms with Crippen molar-refractivity contribution in [2.45, 2.75) is 20.5 Å². The van der Waals surface area contributed by atoms with Crippen LogP contribution in [0.4, 0.5) is 0 Å². The van der Waals surface area contributed by atoms with Gasteiger partial charge in [-0.2, -0.15) is 0 Å². The molecule has 2 aromatic carbocycles. The van der Waals surface area contributed by atoms with E-state index in [2.05, 4.69) is 38.1 Å². The SMILES string of the molecule is CC1=NOC(=O)/C1=C/c1cc(Br)ccc1OCc1ccc(C)cc1. The first-order chi connectivity index (χ1) is 11.5. The van der Waals surface area contributed by atoms with Crippen molar-refractivity contribution in [3.05, 3.63) is 69.2 Å². The van der Waals surface area contributed by atoms with Crippen molar-refractivity contribution in [2.75, 3.05) is 0 Å². The van der Waals surface area contributed by atoms with Crippen LogP contribution in [0, 0.1) is 6.92 Å². The molecule has 2 aromatic rings. The molecule has 0 aliphatic carbocycles. The summed E-state index contributed by atoms with van der Waals surface area (Å²) in [6.45, 7) is 4.24. The van der Waals surface area contributed by atoms with Crippen molar-refractivity contribution in [1.82, 2.24) is 0 Å². The summed E-state index contributed by atoms with van der Waals surface area (Å²) >= 11 is 3.45. The van der Waals surface area contributed by atoms with Crippen LogP contribution in [0.15, 0.2) is 57.7 Å². The molecule has 1 aliphatic heterocycles. The normalized spacial score (nSPS) is 15.4. The van der Waals surface area contributed by atoms with Crippen LogP contribution >= 0.6 is 15.9 Å². The van der Waals surface area contributed by atoms with E-state index in [4.69, 9.17) is 4.74 Å². The van der Waals surface area contributed by atoms with Gasteiger partial charge in [-0.3, -0.25) is 0 Å². The minimum atomic E-state index is -0.447. The highest BCUT2D eigenvalue weighted by molar-refractivity contribution is 9.10. The maximum Gasteiger partial charge on any atom is 0.367 e. The third-order valence-corrected chi connectivity index (χ3v) is 4.16. The zero-order chi connectivity index (χ0) is 17.1. The monoisotopic (exact) mass is 385 g/mol. The molecular formula is C19H16BrNO3. The second kappa shape index (κ2) is 7.01. The van der Waals surface area contributed by atoms with Gasteiger partial charge < -0.3 is 9.57 Å². The fourth-order valence-corrected chi connectivity index (χ4v) is 2.66. The minimum Gasteiger partial charge on any atom is -0.488 e. The fraction of sp³-hybridized carbons (Fsp3) is 0.158. The van der Waals surface area contributed by atoms with E-state index in [9.17, 15) is 4.79 Å². The Kier molecular flexibility index (Phi) is 4.81. The molecule has 122 valence electrons. The zero-order valence-corrected chi connectivity index (χ0v) is 15.0. The van der Waals surface area contributed by atoms with Crippen molar-refractivity contribution in [2.24, 2.45) is 5.16 Å². The summed E-state index contributed by atoms with van der Waals surface area (Å²) in [6.07, 6.45) is 1.74. The van der Waals surface area contributed by atoms with Crippen molar-refractivity contribution in [3.8, 4) is 5.75 Å². The molecule has 0 aromatic heterocycles. The van der Waals surface area contributed by atoms with Crippen LogP contribution in [-0.4, -0.2) is 11.7 Å². The van der Waals surface area contributed by atoms with Gasteiger partial charge in [0.1, 0.15) is 12.4 Å². The second-order valence-corrected chi connectivity index (χ2v) is 6.49. The highest BCUT2D eigenvalue weighted by atomic mass is 79.9. The van der Waals surface area contributed by atoms with Gasteiger partial charge in [0, 0.05) is 10.0 Å². The van der Waals surface area contributed by atoms with Crippen LogP contribution < -0.4 is 4.74 Å². The number of benzene rings is 2. The molecule has 0 saturated heterocycles. The molecule has 24 heavy (non-hydrogen) atoms. The van der Waals surface area contributed by atoms with Gasteiger partial charge in [0.25, 0.3) is 0 Å². The molecule has 4 nitrogen and oxygen atoms in total. The van der Waals surface area contributed by atoms with Gasteiger partial charge >= 0.3 is 5.97 Å². The molecule has 0 radical (unpaired) electrons. The van der Waals surface area contributed by atoms with Gasteiger partial charge in [0.05, 0.1) is 11.3 Å². The maximum absolute atomic E-state index is 11.7. The van der Waals surface area contributed by atoms with Crippen LogP contribution in [0.3, 0.4) is 0 Å². The molecule has 0 spiro atoms. The average molecular weight is 386 g/mol. The quantitative estimate of drug-likeness (QED) is 0.568. The van der Waals surface area contributed by atoms with E-state index >= 15 is 0 Å². The summed E-state index contributed by atoms with van der Waals surface area (Å²) in [5, 5.41) is 3.69. The number of aryl methyl sites for hydroxylation is 1. The summed E-state index contributed by atoms with van der Waals surface area (Å²) in [7, 11) is 0. The number of carbonyl (C=O) groups is 1. The van der Waals surface area contributed by atoms with Crippen molar-refractivity contribution in [1.29, 1.82) is 0 Å². The van der Waals surface area contributed by atoms with Gasteiger partial charge in [-0.15, -0.1) is 0 Å². The highest BCUT2D eigenvalue weighted by Crippen LogP contribution is 2.28. The Hall–Kier alpha value is -2.40. The van der Waals surface area contributed by atoms with Crippen molar-refractivity contribution >= 4 is 33.7 Å². The van der Waals surface area contributed by atoms with Crippen molar-refractivity contribution in [3.63, 3.8) is 0 Å². The number of hydrogen-bond acceptors (Lipinski definition) is 4. The number of hydrogen-bond donors (Lipinski definition) is 0. The molecule has 0 N–H and O–H groups in total. The Morgan fingerprint density at radius 2 is 1.92 bits per heavy atom. The van der Waals surface area contributed by atoms with Gasteiger partial charge in [-0.1, -0.05) is 50.9 Å². The lowest BCUT2D eigenvalue weighted by Gasteiger charge is -2.10. The lowest BCUT2D eigenvalue weighted by Crippen LogP contribution is -2.03. The van der Waals surface area contributed by atoms with E-state index in [1.165, 1.54) is 5.56 Å². The van der Waals surface area contributed by atoms with Crippen molar-refractivity contribution < 1.29 is 14.4 Å². The fourth-order valence-electron chi connectivity index (χ4n) is 2.28. The van der Waals surface area contributed by atoms with E-state index in [1.54, 1.807) is 13.0 Å². The van der Waals surface area contributed by atoms with E-state index in [-0.39, 0.29) is 0 Å². The number of rotatable bonds is 4. The molecule has 0 unspecified atom stereocenters. The molecule has 0 bridgehead atoms. The largest absolute Gasteiger partial charge is 0.488 e. The Morgan fingerprint density at radius 3 is 2.58 bits per heavy atom. The number of ether oxygens (including phenoxy) is 1. The first kappa shape index (κ1) is 16.5. The molecular weight excluding hydrogens is 370 g/mol. The average Bonchev–Trinajstić information content (AvgIpc) is 2.88. The minimum absolute atomic E-state index is 0.438. The van der Waals surface area contributed by atoms with Crippen LogP contribution in [0.5, 0.6) is 5.75 Å². The van der Waals surface area contributed by atoms with Gasteiger partial charge in [-0.25, -0.2) is 4.79 Å². The third-order valence-electron chi connectivity index (χ3n) is 3.66. The summed E-state index contributed by atoms with van der Waals surface area (Å²) in [4.78, 5) is 16.4. The highest BCUT2D eigenvalue weighted by Gasteiger charge is 2.22. The molecule has 1 aliphatic rings. The molecule has 0 atom stereocenters. The van der Waals surface area contributed by atoms with Crippen LogP contribution in [0.1, 0.15) is 23.6 Å². The summed E-state index contributed by atoms with van der Waals surface area (Å²) in [5.74, 6) is 0.246. The van der Waals surface area contributed by atoms with E-state index < -0.39 is 5.97 Å². The lowest BCUT2D eigenvalue weighted by atomic mass is 10.1. The van der Waals surface area contributed by atoms with Crippen LogP contribution in [0.25, 0.3) is 6.08 Å². The first-order valence-corrected chi connectivity index (χ1v) is 8.28. The molecule has 3 rings (SSSR count). The van der Waals surface area contributed by atoms with Gasteiger partial charge in [-0.05, 0) is 43.7 Å². The molecule has 0 amide bonds. The van der Waals surface area contributed by atoms with Gasteiger partial charge in [0.2, 0.25) is 0 Å². The number of halogens is 1. The molecule has 0 saturated carbocycles. The smallest absolute Gasteiger partial charge is 0.367 e. The number of carbonyl (C=O) groups excluding carboxylic acids is 1. The Morgan fingerprint density at radius 1 is 1.17 bits per heavy atom.